The van der Waals surface area contributed by atoms with E-state index in [4.69, 9.17) is 18.9 Å². The fraction of sp³-hybridized carbons (Fsp3) is 0.636. The summed E-state index contributed by atoms with van der Waals surface area (Å²) in [6, 6.07) is 0. The van der Waals surface area contributed by atoms with E-state index in [2.05, 4.69) is 6.58 Å². The zero-order valence-electron chi connectivity index (χ0n) is 11.1. The lowest BCUT2D eigenvalue weighted by atomic mass is 10.4. The maximum atomic E-state index is 11.6. The Balaban J connectivity index is 4.26. The van der Waals surface area contributed by atoms with Gasteiger partial charge in [0.1, 0.15) is 13.5 Å². The maximum absolute atomic E-state index is 11.6. The normalized spacial score (nSPS) is 11.6. The Bertz CT molecular complexity index is 298. The molecule has 0 aromatic carbocycles. The van der Waals surface area contributed by atoms with Gasteiger partial charge in [0.2, 0.25) is 6.29 Å². The molecule has 7 nitrogen and oxygen atoms in total. The van der Waals surface area contributed by atoms with Crippen LogP contribution in [0.25, 0.3) is 0 Å². The average Bonchev–Trinajstić information content (AvgIpc) is 2.28. The summed E-state index contributed by atoms with van der Waals surface area (Å²) in [5, 5.41) is 0. The Morgan fingerprint density at radius 2 is 1.67 bits per heavy atom. The molecule has 0 aliphatic heterocycles. The van der Waals surface area contributed by atoms with Crippen LogP contribution in [0.1, 0.15) is 13.8 Å². The molecule has 0 saturated carbocycles. The molecule has 1 amide bonds. The van der Waals surface area contributed by atoms with Gasteiger partial charge in [-0.3, -0.25) is 4.90 Å². The van der Waals surface area contributed by atoms with Crippen LogP contribution in [0.4, 0.5) is 4.79 Å². The summed E-state index contributed by atoms with van der Waals surface area (Å²) in [5.74, 6) is -0.625. The molecule has 18 heavy (non-hydrogen) atoms. The zero-order chi connectivity index (χ0) is 14.1. The second-order valence-corrected chi connectivity index (χ2v) is 3.51. The van der Waals surface area contributed by atoms with Crippen molar-refractivity contribution in [2.75, 3.05) is 27.7 Å². The van der Waals surface area contributed by atoms with E-state index < -0.39 is 18.4 Å². The first-order valence-electron chi connectivity index (χ1n) is 5.22. The van der Waals surface area contributed by atoms with Crippen LogP contribution in [0, 0.1) is 0 Å². The molecule has 104 valence electrons. The van der Waals surface area contributed by atoms with Gasteiger partial charge < -0.3 is 18.9 Å². The average molecular weight is 261 g/mol. The van der Waals surface area contributed by atoms with Crippen molar-refractivity contribution in [3.05, 3.63) is 12.2 Å². The first kappa shape index (κ1) is 16.4. The minimum Gasteiger partial charge on any atom is -0.422 e. The highest BCUT2D eigenvalue weighted by molar-refractivity contribution is 5.87. The van der Waals surface area contributed by atoms with Gasteiger partial charge in [0.25, 0.3) is 0 Å². The van der Waals surface area contributed by atoms with E-state index in [-0.39, 0.29) is 19.0 Å². The largest absolute Gasteiger partial charge is 0.422 e. The molecule has 0 heterocycles. The van der Waals surface area contributed by atoms with Gasteiger partial charge in [-0.15, -0.1) is 0 Å². The van der Waals surface area contributed by atoms with E-state index in [1.165, 1.54) is 28.1 Å². The lowest BCUT2D eigenvalue weighted by Gasteiger charge is -2.22. The summed E-state index contributed by atoms with van der Waals surface area (Å²) in [4.78, 5) is 24.0. The van der Waals surface area contributed by atoms with Crippen molar-refractivity contribution < 1.29 is 28.5 Å². The maximum Gasteiger partial charge on any atom is 0.416 e. The number of amides is 1. The predicted molar refractivity (Wildman–Crippen MR) is 62.4 cm³/mol. The monoisotopic (exact) mass is 261 g/mol. The van der Waals surface area contributed by atoms with Gasteiger partial charge in [0.05, 0.1) is 0 Å². The first-order chi connectivity index (χ1) is 8.42. The molecule has 1 atom stereocenters. The summed E-state index contributed by atoms with van der Waals surface area (Å²) in [6.07, 6.45) is -1.72. The predicted octanol–water partition coefficient (Wildman–Crippen LogP) is 1.10. The Morgan fingerprint density at radius 3 is 2.06 bits per heavy atom. The minimum absolute atomic E-state index is 0.00776. The molecule has 0 bridgehead atoms. The highest BCUT2D eigenvalue weighted by atomic mass is 16.7. The number of nitrogens with zero attached hydrogens (tertiary/aromatic N) is 1. The smallest absolute Gasteiger partial charge is 0.416 e. The van der Waals surface area contributed by atoms with Crippen molar-refractivity contribution in [3.8, 4) is 0 Å². The SMILES string of the molecule is C=C(C)C(=O)OC(C)OC(=O)N(COC)COC. The van der Waals surface area contributed by atoms with Gasteiger partial charge in [-0.25, -0.2) is 9.59 Å². The van der Waals surface area contributed by atoms with Crippen molar-refractivity contribution in [1.82, 2.24) is 4.90 Å². The molecule has 0 radical (unpaired) electrons. The highest BCUT2D eigenvalue weighted by Crippen LogP contribution is 2.03. The van der Waals surface area contributed by atoms with E-state index in [1.54, 1.807) is 0 Å². The zero-order valence-corrected chi connectivity index (χ0v) is 11.1. The van der Waals surface area contributed by atoms with Crippen LogP contribution in [-0.2, 0) is 23.7 Å². The highest BCUT2D eigenvalue weighted by Gasteiger charge is 2.19. The van der Waals surface area contributed by atoms with Gasteiger partial charge >= 0.3 is 12.1 Å². The first-order valence-corrected chi connectivity index (χ1v) is 5.22. The number of ether oxygens (including phenoxy) is 4. The lowest BCUT2D eigenvalue weighted by Crippen LogP contribution is -2.37. The third-order valence-electron chi connectivity index (χ3n) is 1.72. The fourth-order valence-corrected chi connectivity index (χ4v) is 0.946. The molecule has 0 aliphatic rings. The molecule has 0 saturated heterocycles. The van der Waals surface area contributed by atoms with Crippen LogP contribution < -0.4 is 0 Å². The Morgan fingerprint density at radius 1 is 1.17 bits per heavy atom. The number of esters is 1. The van der Waals surface area contributed by atoms with Gasteiger partial charge in [-0.1, -0.05) is 6.58 Å². The summed E-state index contributed by atoms with van der Waals surface area (Å²) in [7, 11) is 2.86. The number of hydrogen-bond donors (Lipinski definition) is 0. The van der Waals surface area contributed by atoms with Gasteiger partial charge in [0.15, 0.2) is 0 Å². The van der Waals surface area contributed by atoms with E-state index in [0.29, 0.717) is 0 Å². The molecule has 0 N–H and O–H groups in total. The Hall–Kier alpha value is -1.60. The molecule has 0 spiro atoms. The van der Waals surface area contributed by atoms with Crippen LogP contribution in [0.5, 0.6) is 0 Å². The second-order valence-electron chi connectivity index (χ2n) is 3.51. The van der Waals surface area contributed by atoms with Crippen LogP contribution in [-0.4, -0.2) is 50.9 Å². The van der Waals surface area contributed by atoms with E-state index in [0.717, 1.165) is 4.90 Å². The quantitative estimate of drug-likeness (QED) is 0.388. The van der Waals surface area contributed by atoms with Crippen LogP contribution >= 0.6 is 0 Å². The van der Waals surface area contributed by atoms with Crippen molar-refractivity contribution in [2.24, 2.45) is 0 Å². The molecule has 0 aromatic heterocycles. The van der Waals surface area contributed by atoms with E-state index in [9.17, 15) is 9.59 Å². The standard InChI is InChI=1S/C11H19NO6/c1-8(2)10(13)17-9(3)18-11(14)12(6-15-4)7-16-5/h9H,1,6-7H2,2-5H3. The van der Waals surface area contributed by atoms with Crippen LogP contribution in [0.2, 0.25) is 0 Å². The van der Waals surface area contributed by atoms with Gasteiger partial charge in [-0.2, -0.15) is 0 Å². The topological polar surface area (TPSA) is 74.3 Å². The molecule has 0 aromatic rings. The third kappa shape index (κ3) is 6.21. The summed E-state index contributed by atoms with van der Waals surface area (Å²) < 4.78 is 19.3. The Labute approximate surface area is 106 Å². The number of carbonyl (C=O) groups excluding carboxylic acids is 2. The van der Waals surface area contributed by atoms with Crippen molar-refractivity contribution in [2.45, 2.75) is 20.1 Å². The molecule has 1 unspecified atom stereocenters. The van der Waals surface area contributed by atoms with Crippen LogP contribution in [0.15, 0.2) is 12.2 Å². The molecule has 0 fully saturated rings. The summed E-state index contributed by atoms with van der Waals surface area (Å²) in [5.41, 5.74) is 0.225. The van der Waals surface area contributed by atoms with E-state index in [1.807, 2.05) is 0 Å². The second kappa shape index (κ2) is 8.48. The van der Waals surface area contributed by atoms with Gasteiger partial charge in [-0.05, 0) is 6.92 Å². The third-order valence-corrected chi connectivity index (χ3v) is 1.72. The molecule has 0 rings (SSSR count). The number of hydrogen-bond acceptors (Lipinski definition) is 6. The van der Waals surface area contributed by atoms with Crippen molar-refractivity contribution in [3.63, 3.8) is 0 Å². The number of methoxy groups -OCH3 is 2. The summed E-state index contributed by atoms with van der Waals surface area (Å²) in [6.45, 7) is 6.36. The fourth-order valence-electron chi connectivity index (χ4n) is 0.946. The Kier molecular flexibility index (Phi) is 7.73. The number of carbonyl (C=O) groups is 2. The number of rotatable bonds is 7. The lowest BCUT2D eigenvalue weighted by molar-refractivity contribution is -0.162. The summed E-state index contributed by atoms with van der Waals surface area (Å²) >= 11 is 0. The van der Waals surface area contributed by atoms with Crippen LogP contribution in [0.3, 0.4) is 0 Å². The van der Waals surface area contributed by atoms with E-state index >= 15 is 0 Å². The van der Waals surface area contributed by atoms with Crippen molar-refractivity contribution >= 4 is 12.1 Å². The van der Waals surface area contributed by atoms with Gasteiger partial charge in [0, 0.05) is 26.7 Å². The van der Waals surface area contributed by atoms with Crippen molar-refractivity contribution in [1.29, 1.82) is 0 Å². The molecule has 0 aliphatic carbocycles. The molecule has 7 heteroatoms. The minimum atomic E-state index is -1.02. The molecular weight excluding hydrogens is 242 g/mol. The molecular formula is C11H19NO6.